The van der Waals surface area contributed by atoms with E-state index in [-0.39, 0.29) is 5.82 Å². The summed E-state index contributed by atoms with van der Waals surface area (Å²) in [5, 5.41) is 4.51. The molecule has 1 fully saturated rings. The first-order valence-corrected chi connectivity index (χ1v) is 5.57. The van der Waals surface area contributed by atoms with E-state index in [1.807, 2.05) is 0 Å². The monoisotopic (exact) mass is 213 g/mol. The summed E-state index contributed by atoms with van der Waals surface area (Å²) in [6.07, 6.45) is 4.80. The summed E-state index contributed by atoms with van der Waals surface area (Å²) < 4.78 is 12.5. The lowest BCUT2D eigenvalue weighted by atomic mass is 10.2. The molecule has 1 aromatic rings. The summed E-state index contributed by atoms with van der Waals surface area (Å²) in [6, 6.07) is 0. The van der Waals surface area contributed by atoms with E-state index in [1.54, 1.807) is 11.8 Å². The molecule has 0 amide bonds. The third-order valence-corrected chi connectivity index (χ3v) is 3.28. The molecule has 0 aromatic carbocycles. The molecule has 76 valence electrons. The minimum absolute atomic E-state index is 0.379. The smallest absolute Gasteiger partial charge is 0.187 e. The summed E-state index contributed by atoms with van der Waals surface area (Å²) in [5.74, 6) is -0.379. The molecule has 14 heavy (non-hydrogen) atoms. The molecule has 1 saturated heterocycles. The molecule has 1 aliphatic rings. The van der Waals surface area contributed by atoms with Gasteiger partial charge in [0.05, 0.1) is 12.4 Å². The normalized spacial score (nSPS) is 22.2. The SMILES string of the molecule is Fc1cnc(S[C@H]2CCCNC2)nc1. The number of aromatic nitrogens is 2. The van der Waals surface area contributed by atoms with Gasteiger partial charge in [0.1, 0.15) is 0 Å². The summed E-state index contributed by atoms with van der Waals surface area (Å²) in [5.41, 5.74) is 0. The molecule has 2 heterocycles. The molecule has 3 nitrogen and oxygen atoms in total. The fourth-order valence-electron chi connectivity index (χ4n) is 1.43. The van der Waals surface area contributed by atoms with Crippen LogP contribution in [-0.2, 0) is 0 Å². The first-order chi connectivity index (χ1) is 6.84. The predicted molar refractivity (Wildman–Crippen MR) is 53.7 cm³/mol. The number of halogens is 1. The first-order valence-electron chi connectivity index (χ1n) is 4.69. The van der Waals surface area contributed by atoms with Crippen molar-refractivity contribution in [1.82, 2.24) is 15.3 Å². The van der Waals surface area contributed by atoms with Crippen molar-refractivity contribution in [3.05, 3.63) is 18.2 Å². The quantitative estimate of drug-likeness (QED) is 0.755. The van der Waals surface area contributed by atoms with Crippen molar-refractivity contribution in [2.75, 3.05) is 13.1 Å². The molecule has 1 aromatic heterocycles. The maximum absolute atomic E-state index is 12.5. The highest BCUT2D eigenvalue weighted by Crippen LogP contribution is 2.23. The Labute approximate surface area is 86.5 Å². The van der Waals surface area contributed by atoms with Gasteiger partial charge in [0, 0.05) is 11.8 Å². The standard InChI is InChI=1S/C9H12FN3S/c10-7-4-12-9(13-5-7)14-8-2-1-3-11-6-8/h4-5,8,11H,1-3,6H2/t8-/m0/s1. The second-order valence-corrected chi connectivity index (χ2v) is 4.54. The van der Waals surface area contributed by atoms with Crippen molar-refractivity contribution in [2.45, 2.75) is 23.2 Å². The molecule has 0 spiro atoms. The lowest BCUT2D eigenvalue weighted by molar-refractivity contribution is 0.530. The fourth-order valence-corrected chi connectivity index (χ4v) is 2.44. The van der Waals surface area contributed by atoms with Gasteiger partial charge in [-0.15, -0.1) is 0 Å². The van der Waals surface area contributed by atoms with Gasteiger partial charge in [0.25, 0.3) is 0 Å². The highest BCUT2D eigenvalue weighted by atomic mass is 32.2. The zero-order valence-corrected chi connectivity index (χ0v) is 8.56. The Bertz CT molecular complexity index is 285. The molecule has 2 rings (SSSR count). The van der Waals surface area contributed by atoms with E-state index in [9.17, 15) is 4.39 Å². The van der Waals surface area contributed by atoms with E-state index in [0.717, 1.165) is 13.1 Å². The van der Waals surface area contributed by atoms with E-state index in [0.29, 0.717) is 10.4 Å². The molecular weight excluding hydrogens is 201 g/mol. The molecule has 0 bridgehead atoms. The lowest BCUT2D eigenvalue weighted by Crippen LogP contribution is -2.31. The van der Waals surface area contributed by atoms with E-state index in [2.05, 4.69) is 15.3 Å². The summed E-state index contributed by atoms with van der Waals surface area (Å²) in [4.78, 5) is 7.84. The molecule has 0 unspecified atom stereocenters. The molecule has 1 N–H and O–H groups in total. The van der Waals surface area contributed by atoms with Gasteiger partial charge >= 0.3 is 0 Å². The minimum atomic E-state index is -0.379. The van der Waals surface area contributed by atoms with Crippen LogP contribution in [0.25, 0.3) is 0 Å². The number of piperidine rings is 1. The topological polar surface area (TPSA) is 37.8 Å². The lowest BCUT2D eigenvalue weighted by Gasteiger charge is -2.20. The van der Waals surface area contributed by atoms with Crippen LogP contribution in [-0.4, -0.2) is 28.3 Å². The largest absolute Gasteiger partial charge is 0.316 e. The minimum Gasteiger partial charge on any atom is -0.316 e. The number of nitrogens with zero attached hydrogens (tertiary/aromatic N) is 2. The van der Waals surface area contributed by atoms with Crippen LogP contribution in [0.3, 0.4) is 0 Å². The highest BCUT2D eigenvalue weighted by Gasteiger charge is 2.15. The van der Waals surface area contributed by atoms with E-state index in [4.69, 9.17) is 0 Å². The van der Waals surface area contributed by atoms with Gasteiger partial charge in [0.2, 0.25) is 0 Å². The highest BCUT2D eigenvalue weighted by molar-refractivity contribution is 7.99. The molecule has 0 radical (unpaired) electrons. The Balaban J connectivity index is 1.92. The zero-order valence-electron chi connectivity index (χ0n) is 7.74. The summed E-state index contributed by atoms with van der Waals surface area (Å²) >= 11 is 1.62. The molecule has 0 saturated carbocycles. The number of rotatable bonds is 2. The van der Waals surface area contributed by atoms with Crippen molar-refractivity contribution < 1.29 is 4.39 Å². The van der Waals surface area contributed by atoms with E-state index < -0.39 is 0 Å². The van der Waals surface area contributed by atoms with Crippen LogP contribution in [0, 0.1) is 5.82 Å². The summed E-state index contributed by atoms with van der Waals surface area (Å²) in [7, 11) is 0. The molecule has 5 heteroatoms. The van der Waals surface area contributed by atoms with Gasteiger partial charge in [-0.2, -0.15) is 0 Å². The van der Waals surface area contributed by atoms with Crippen molar-refractivity contribution in [3.63, 3.8) is 0 Å². The molecular formula is C9H12FN3S. The van der Waals surface area contributed by atoms with Crippen LogP contribution >= 0.6 is 11.8 Å². The van der Waals surface area contributed by atoms with Crippen LogP contribution in [0.1, 0.15) is 12.8 Å². The Morgan fingerprint density at radius 3 is 2.86 bits per heavy atom. The second-order valence-electron chi connectivity index (χ2n) is 3.27. The Morgan fingerprint density at radius 1 is 1.43 bits per heavy atom. The molecule has 1 aliphatic heterocycles. The van der Waals surface area contributed by atoms with Crippen LogP contribution < -0.4 is 5.32 Å². The average molecular weight is 213 g/mol. The first kappa shape index (κ1) is 9.86. The van der Waals surface area contributed by atoms with E-state index >= 15 is 0 Å². The van der Waals surface area contributed by atoms with Gasteiger partial charge in [-0.3, -0.25) is 0 Å². The average Bonchev–Trinajstić information content (AvgIpc) is 2.23. The van der Waals surface area contributed by atoms with Gasteiger partial charge in [-0.05, 0) is 19.4 Å². The Hall–Kier alpha value is -0.680. The Kier molecular flexibility index (Phi) is 3.31. The van der Waals surface area contributed by atoms with E-state index in [1.165, 1.54) is 25.2 Å². The van der Waals surface area contributed by atoms with Crippen molar-refractivity contribution in [1.29, 1.82) is 0 Å². The number of hydrogen-bond acceptors (Lipinski definition) is 4. The van der Waals surface area contributed by atoms with Gasteiger partial charge < -0.3 is 5.32 Å². The third-order valence-electron chi connectivity index (χ3n) is 2.12. The third kappa shape index (κ3) is 2.65. The van der Waals surface area contributed by atoms with Crippen LogP contribution in [0.4, 0.5) is 4.39 Å². The van der Waals surface area contributed by atoms with Gasteiger partial charge in [0.15, 0.2) is 11.0 Å². The van der Waals surface area contributed by atoms with Crippen LogP contribution in [0.2, 0.25) is 0 Å². The number of nitrogens with one attached hydrogen (secondary N) is 1. The van der Waals surface area contributed by atoms with Crippen LogP contribution in [0.5, 0.6) is 0 Å². The van der Waals surface area contributed by atoms with Gasteiger partial charge in [-0.1, -0.05) is 11.8 Å². The summed E-state index contributed by atoms with van der Waals surface area (Å²) in [6.45, 7) is 2.09. The maximum atomic E-state index is 12.5. The maximum Gasteiger partial charge on any atom is 0.187 e. The van der Waals surface area contributed by atoms with Gasteiger partial charge in [-0.25, -0.2) is 14.4 Å². The Morgan fingerprint density at radius 2 is 2.21 bits per heavy atom. The van der Waals surface area contributed by atoms with Crippen molar-refractivity contribution in [3.8, 4) is 0 Å². The second kappa shape index (κ2) is 4.70. The van der Waals surface area contributed by atoms with Crippen molar-refractivity contribution >= 4 is 11.8 Å². The predicted octanol–water partition coefficient (Wildman–Crippen LogP) is 1.46. The fraction of sp³-hybridized carbons (Fsp3) is 0.556. The van der Waals surface area contributed by atoms with Crippen molar-refractivity contribution in [2.24, 2.45) is 0 Å². The molecule has 0 aliphatic carbocycles. The number of thioether (sulfide) groups is 1. The number of hydrogen-bond donors (Lipinski definition) is 1. The molecule has 1 atom stereocenters. The zero-order chi connectivity index (χ0) is 9.80. The van der Waals surface area contributed by atoms with Crippen LogP contribution in [0.15, 0.2) is 17.6 Å².